The largest absolute Gasteiger partial charge is 0.573 e. The molecular formula is C18H12F5NO4. The number of amides is 1. The summed E-state index contributed by atoms with van der Waals surface area (Å²) in [5, 5.41) is 11.3. The lowest BCUT2D eigenvalue weighted by Gasteiger charge is -2.18. The van der Waals surface area contributed by atoms with Crippen molar-refractivity contribution in [1.29, 1.82) is 0 Å². The quantitative estimate of drug-likeness (QED) is 0.736. The maximum atomic E-state index is 14.3. The molecule has 0 saturated heterocycles. The number of carbonyl (C=O) groups is 2. The van der Waals surface area contributed by atoms with Gasteiger partial charge < -0.3 is 15.2 Å². The monoisotopic (exact) mass is 401 g/mol. The van der Waals surface area contributed by atoms with E-state index < -0.39 is 46.6 Å². The molecule has 1 aliphatic rings. The minimum absolute atomic E-state index is 0.00694. The highest BCUT2D eigenvalue weighted by Crippen LogP contribution is 2.50. The molecule has 0 heterocycles. The Kier molecular flexibility index (Phi) is 4.74. The number of carboxylic acids is 1. The SMILES string of the molecule is O=C(O)c1cc(NC(=O)C2(c3ccc(OC(F)(F)F)cc3F)CC2)ccc1F. The second-order valence-electron chi connectivity index (χ2n) is 6.23. The summed E-state index contributed by atoms with van der Waals surface area (Å²) in [6, 6.07) is 5.41. The molecule has 2 aromatic rings. The number of anilines is 1. The average molecular weight is 401 g/mol. The average Bonchev–Trinajstić information content (AvgIpc) is 3.36. The van der Waals surface area contributed by atoms with E-state index in [1.807, 2.05) is 0 Å². The first kappa shape index (κ1) is 19.6. The number of rotatable bonds is 5. The minimum Gasteiger partial charge on any atom is -0.478 e. The molecule has 2 N–H and O–H groups in total. The van der Waals surface area contributed by atoms with Crippen molar-refractivity contribution in [3.63, 3.8) is 0 Å². The van der Waals surface area contributed by atoms with E-state index in [9.17, 15) is 31.5 Å². The van der Waals surface area contributed by atoms with E-state index in [2.05, 4.69) is 10.1 Å². The molecule has 0 spiro atoms. The van der Waals surface area contributed by atoms with Crippen LogP contribution in [0.25, 0.3) is 0 Å². The van der Waals surface area contributed by atoms with E-state index >= 15 is 0 Å². The predicted molar refractivity (Wildman–Crippen MR) is 86.0 cm³/mol. The summed E-state index contributed by atoms with van der Waals surface area (Å²) < 4.78 is 68.1. The molecule has 1 fully saturated rings. The van der Waals surface area contributed by atoms with Crippen molar-refractivity contribution in [3.05, 3.63) is 59.2 Å². The van der Waals surface area contributed by atoms with Gasteiger partial charge in [-0.1, -0.05) is 6.07 Å². The highest BCUT2D eigenvalue weighted by Gasteiger charge is 2.53. The van der Waals surface area contributed by atoms with Crippen LogP contribution in [0, 0.1) is 11.6 Å². The second kappa shape index (κ2) is 6.77. The van der Waals surface area contributed by atoms with E-state index in [-0.39, 0.29) is 24.1 Å². The third kappa shape index (κ3) is 3.90. The molecule has 1 saturated carbocycles. The first-order valence-corrected chi connectivity index (χ1v) is 7.92. The fourth-order valence-corrected chi connectivity index (χ4v) is 2.84. The Balaban J connectivity index is 1.83. The van der Waals surface area contributed by atoms with Gasteiger partial charge in [-0.3, -0.25) is 4.79 Å². The molecule has 3 rings (SSSR count). The molecule has 0 radical (unpaired) electrons. The number of ether oxygens (including phenoxy) is 1. The van der Waals surface area contributed by atoms with Crippen molar-refractivity contribution in [2.75, 3.05) is 5.32 Å². The first-order valence-electron chi connectivity index (χ1n) is 7.92. The molecule has 2 aromatic carbocycles. The summed E-state index contributed by atoms with van der Waals surface area (Å²) in [4.78, 5) is 23.6. The molecule has 0 aromatic heterocycles. The van der Waals surface area contributed by atoms with E-state index in [4.69, 9.17) is 5.11 Å². The number of alkyl halides is 3. The normalized spacial score (nSPS) is 15.0. The van der Waals surface area contributed by atoms with Crippen molar-refractivity contribution in [2.24, 2.45) is 0 Å². The van der Waals surface area contributed by atoms with Crippen LogP contribution in [0.3, 0.4) is 0 Å². The van der Waals surface area contributed by atoms with Crippen molar-refractivity contribution in [2.45, 2.75) is 24.6 Å². The molecule has 5 nitrogen and oxygen atoms in total. The molecule has 10 heteroatoms. The maximum absolute atomic E-state index is 14.3. The Labute approximate surface area is 154 Å². The van der Waals surface area contributed by atoms with Crippen LogP contribution in [-0.4, -0.2) is 23.3 Å². The Morgan fingerprint density at radius 2 is 1.71 bits per heavy atom. The Morgan fingerprint density at radius 3 is 2.25 bits per heavy atom. The van der Waals surface area contributed by atoms with E-state index in [1.54, 1.807) is 0 Å². The number of carbonyl (C=O) groups excluding carboxylic acids is 1. The molecule has 1 aliphatic carbocycles. The van der Waals surface area contributed by atoms with Gasteiger partial charge in [-0.25, -0.2) is 13.6 Å². The van der Waals surface area contributed by atoms with Crippen molar-refractivity contribution < 1.29 is 41.4 Å². The van der Waals surface area contributed by atoms with Gasteiger partial charge in [0.1, 0.15) is 17.4 Å². The van der Waals surface area contributed by atoms with Gasteiger partial charge in [-0.05, 0) is 37.1 Å². The van der Waals surface area contributed by atoms with Crippen molar-refractivity contribution in [3.8, 4) is 5.75 Å². The summed E-state index contributed by atoms with van der Waals surface area (Å²) in [7, 11) is 0. The number of halogens is 5. The van der Waals surface area contributed by atoms with Crippen LogP contribution < -0.4 is 10.1 Å². The Bertz CT molecular complexity index is 953. The predicted octanol–water partition coefficient (Wildman–Crippen LogP) is 4.23. The molecule has 0 atom stereocenters. The summed E-state index contributed by atoms with van der Waals surface area (Å²) in [5.41, 5.74) is -2.08. The molecule has 148 valence electrons. The zero-order chi connectivity index (χ0) is 20.7. The van der Waals surface area contributed by atoms with E-state index in [1.165, 1.54) is 0 Å². The lowest BCUT2D eigenvalue weighted by atomic mass is 9.94. The van der Waals surface area contributed by atoms with Gasteiger partial charge in [0.2, 0.25) is 5.91 Å². The topological polar surface area (TPSA) is 75.6 Å². The van der Waals surface area contributed by atoms with Crippen LogP contribution in [0.2, 0.25) is 0 Å². The van der Waals surface area contributed by atoms with Gasteiger partial charge >= 0.3 is 12.3 Å². The van der Waals surface area contributed by atoms with Gasteiger partial charge in [-0.2, -0.15) is 0 Å². The number of hydrogen-bond acceptors (Lipinski definition) is 3. The summed E-state index contributed by atoms with van der Waals surface area (Å²) in [6.07, 6.45) is -4.50. The van der Waals surface area contributed by atoms with Crippen LogP contribution in [0.4, 0.5) is 27.6 Å². The summed E-state index contributed by atoms with van der Waals surface area (Å²) in [5.74, 6) is -4.99. The van der Waals surface area contributed by atoms with Gasteiger partial charge in [0.15, 0.2) is 0 Å². The fourth-order valence-electron chi connectivity index (χ4n) is 2.84. The third-order valence-electron chi connectivity index (χ3n) is 4.33. The molecule has 0 unspecified atom stereocenters. The number of aromatic carboxylic acids is 1. The third-order valence-corrected chi connectivity index (χ3v) is 4.33. The van der Waals surface area contributed by atoms with Crippen LogP contribution in [0.15, 0.2) is 36.4 Å². The first-order chi connectivity index (χ1) is 13.0. The fraction of sp³-hybridized carbons (Fsp3) is 0.222. The zero-order valence-electron chi connectivity index (χ0n) is 13.9. The maximum Gasteiger partial charge on any atom is 0.573 e. The lowest BCUT2D eigenvalue weighted by Crippen LogP contribution is -2.29. The lowest BCUT2D eigenvalue weighted by molar-refractivity contribution is -0.274. The molecular weight excluding hydrogens is 389 g/mol. The molecule has 28 heavy (non-hydrogen) atoms. The van der Waals surface area contributed by atoms with E-state index in [0.717, 1.165) is 30.3 Å². The smallest absolute Gasteiger partial charge is 0.478 e. The van der Waals surface area contributed by atoms with Crippen LogP contribution in [0.1, 0.15) is 28.8 Å². The van der Waals surface area contributed by atoms with Gasteiger partial charge in [0.05, 0.1) is 11.0 Å². The van der Waals surface area contributed by atoms with Crippen LogP contribution in [0.5, 0.6) is 5.75 Å². The number of nitrogens with one attached hydrogen (secondary N) is 1. The van der Waals surface area contributed by atoms with E-state index in [0.29, 0.717) is 6.07 Å². The number of hydrogen-bond donors (Lipinski definition) is 2. The van der Waals surface area contributed by atoms with Crippen molar-refractivity contribution in [1.82, 2.24) is 0 Å². The van der Waals surface area contributed by atoms with Gasteiger partial charge in [-0.15, -0.1) is 13.2 Å². The van der Waals surface area contributed by atoms with Gasteiger partial charge in [0.25, 0.3) is 0 Å². The summed E-state index contributed by atoms with van der Waals surface area (Å²) in [6.45, 7) is 0. The van der Waals surface area contributed by atoms with Crippen LogP contribution in [-0.2, 0) is 10.2 Å². The van der Waals surface area contributed by atoms with Crippen molar-refractivity contribution >= 4 is 17.6 Å². The number of benzene rings is 2. The highest BCUT2D eigenvalue weighted by molar-refractivity contribution is 6.02. The molecule has 1 amide bonds. The standard InChI is InChI=1S/C18H12F5NO4/c19-13-4-1-9(7-11(13)15(25)26)24-16(27)17(5-6-17)12-3-2-10(8-14(12)20)28-18(21,22)23/h1-4,7-8H,5-6H2,(H,24,27)(H,25,26). The second-order valence-corrected chi connectivity index (χ2v) is 6.23. The molecule has 0 aliphatic heterocycles. The summed E-state index contributed by atoms with van der Waals surface area (Å²) >= 11 is 0. The molecule has 0 bridgehead atoms. The highest BCUT2D eigenvalue weighted by atomic mass is 19.4. The minimum atomic E-state index is -4.98. The van der Waals surface area contributed by atoms with Gasteiger partial charge in [0, 0.05) is 17.3 Å². The Hall–Kier alpha value is -3.17. The Morgan fingerprint density at radius 1 is 1.04 bits per heavy atom. The zero-order valence-corrected chi connectivity index (χ0v) is 13.9. The van der Waals surface area contributed by atoms with Crippen LogP contribution >= 0.6 is 0 Å². The number of carboxylic acid groups (broad SMARTS) is 1.